The number of benzene rings is 2. The minimum Gasteiger partial charge on any atom is -0.465 e. The summed E-state index contributed by atoms with van der Waals surface area (Å²) >= 11 is 0. The number of hydrogen-bond acceptors (Lipinski definition) is 6. The Labute approximate surface area is 159 Å². The van der Waals surface area contributed by atoms with Crippen LogP contribution in [0.2, 0.25) is 0 Å². The van der Waals surface area contributed by atoms with Gasteiger partial charge in [0.1, 0.15) is 12.4 Å². The van der Waals surface area contributed by atoms with E-state index in [0.717, 1.165) is 6.07 Å². The van der Waals surface area contributed by atoms with Gasteiger partial charge in [-0.25, -0.2) is 9.18 Å². The van der Waals surface area contributed by atoms with Crippen molar-refractivity contribution < 1.29 is 33.0 Å². The third-order valence-corrected chi connectivity index (χ3v) is 3.43. The average molecular weight is 388 g/mol. The molecule has 0 bridgehead atoms. The first kappa shape index (κ1) is 20.6. The molecule has 146 valence electrons. The molecule has 9 heteroatoms. The fourth-order valence-corrected chi connectivity index (χ4v) is 2.09. The number of anilines is 1. The van der Waals surface area contributed by atoms with E-state index in [2.05, 4.69) is 15.4 Å². The van der Waals surface area contributed by atoms with Gasteiger partial charge in [-0.15, -0.1) is 0 Å². The van der Waals surface area contributed by atoms with E-state index in [1.165, 1.54) is 49.6 Å². The van der Waals surface area contributed by atoms with Crippen LogP contribution < -0.4 is 10.6 Å². The Morgan fingerprint density at radius 2 is 1.71 bits per heavy atom. The second-order valence-electron chi connectivity index (χ2n) is 5.47. The van der Waals surface area contributed by atoms with Crippen LogP contribution in [-0.4, -0.2) is 44.0 Å². The first-order valence-electron chi connectivity index (χ1n) is 8.06. The summed E-state index contributed by atoms with van der Waals surface area (Å²) in [5, 5.41) is 4.75. The van der Waals surface area contributed by atoms with E-state index in [1.54, 1.807) is 0 Å². The van der Waals surface area contributed by atoms with E-state index in [1.807, 2.05) is 0 Å². The molecule has 2 rings (SSSR count). The zero-order chi connectivity index (χ0) is 20.5. The van der Waals surface area contributed by atoms with Gasteiger partial charge in [0.2, 0.25) is 0 Å². The van der Waals surface area contributed by atoms with Gasteiger partial charge in [-0.2, -0.15) is 0 Å². The minimum atomic E-state index is -0.832. The molecule has 2 N–H and O–H groups in total. The topological polar surface area (TPSA) is 111 Å². The van der Waals surface area contributed by atoms with Crippen molar-refractivity contribution in [2.45, 2.75) is 0 Å². The van der Waals surface area contributed by atoms with Crippen LogP contribution in [0.15, 0.2) is 48.5 Å². The molecule has 0 spiro atoms. The van der Waals surface area contributed by atoms with Crippen LogP contribution in [-0.2, 0) is 19.1 Å². The van der Waals surface area contributed by atoms with Crippen molar-refractivity contribution >= 4 is 29.4 Å². The van der Waals surface area contributed by atoms with Crippen molar-refractivity contribution in [1.82, 2.24) is 5.32 Å². The third kappa shape index (κ3) is 6.20. The molecule has 0 unspecified atom stereocenters. The number of rotatable bonds is 7. The first-order valence-corrected chi connectivity index (χ1v) is 8.06. The molecule has 2 aromatic rings. The van der Waals surface area contributed by atoms with Gasteiger partial charge >= 0.3 is 11.9 Å². The van der Waals surface area contributed by atoms with Gasteiger partial charge in [-0.3, -0.25) is 14.4 Å². The Morgan fingerprint density at radius 1 is 1.00 bits per heavy atom. The molecule has 0 atom stereocenters. The van der Waals surface area contributed by atoms with Crippen LogP contribution in [0.25, 0.3) is 0 Å². The molecule has 0 aliphatic heterocycles. The largest absolute Gasteiger partial charge is 0.465 e. The number of nitrogens with one attached hydrogen (secondary N) is 2. The smallest absolute Gasteiger partial charge is 0.337 e. The molecule has 2 aromatic carbocycles. The van der Waals surface area contributed by atoms with Crippen LogP contribution in [0.4, 0.5) is 10.1 Å². The quantitative estimate of drug-likeness (QED) is 0.696. The molecule has 8 nitrogen and oxygen atoms in total. The van der Waals surface area contributed by atoms with Crippen molar-refractivity contribution in [3.8, 4) is 0 Å². The molecule has 2 amide bonds. The number of carbonyl (C=O) groups is 4. The molecular weight excluding hydrogens is 371 g/mol. The maximum absolute atomic E-state index is 13.1. The molecule has 0 saturated heterocycles. The second kappa shape index (κ2) is 9.81. The maximum atomic E-state index is 13.1. The summed E-state index contributed by atoms with van der Waals surface area (Å²) in [6, 6.07) is 10.9. The summed E-state index contributed by atoms with van der Waals surface area (Å²) in [4.78, 5) is 46.5. The molecule has 0 saturated carbocycles. The van der Waals surface area contributed by atoms with Crippen molar-refractivity contribution in [2.24, 2.45) is 0 Å². The van der Waals surface area contributed by atoms with Crippen molar-refractivity contribution in [3.63, 3.8) is 0 Å². The highest BCUT2D eigenvalue weighted by Gasteiger charge is 2.12. The molecule has 0 aliphatic rings. The van der Waals surface area contributed by atoms with E-state index in [9.17, 15) is 23.6 Å². The maximum Gasteiger partial charge on any atom is 0.337 e. The number of amides is 2. The summed E-state index contributed by atoms with van der Waals surface area (Å²) in [6.07, 6.45) is 0. The summed E-state index contributed by atoms with van der Waals surface area (Å²) < 4.78 is 22.4. The van der Waals surface area contributed by atoms with Gasteiger partial charge < -0.3 is 20.1 Å². The van der Waals surface area contributed by atoms with Gasteiger partial charge in [0, 0.05) is 11.3 Å². The standard InChI is InChI=1S/C19H17FN2O6/c1-27-19(26)12-5-7-15(8-6-12)22-16(23)11-28-17(24)10-21-18(25)13-3-2-4-14(20)9-13/h2-9H,10-11H2,1H3,(H,21,25)(H,22,23). The lowest BCUT2D eigenvalue weighted by Crippen LogP contribution is -2.32. The number of hydrogen-bond donors (Lipinski definition) is 2. The van der Waals surface area contributed by atoms with Crippen LogP contribution in [0, 0.1) is 5.82 Å². The number of halogens is 1. The molecule has 0 heterocycles. The zero-order valence-corrected chi connectivity index (χ0v) is 14.9. The van der Waals surface area contributed by atoms with E-state index in [4.69, 9.17) is 4.74 Å². The van der Waals surface area contributed by atoms with Crippen LogP contribution in [0.3, 0.4) is 0 Å². The fraction of sp³-hybridized carbons (Fsp3) is 0.158. The molecule has 0 aliphatic carbocycles. The van der Waals surface area contributed by atoms with E-state index < -0.39 is 42.7 Å². The second-order valence-corrected chi connectivity index (χ2v) is 5.47. The summed E-state index contributed by atoms with van der Waals surface area (Å²) in [7, 11) is 1.26. The zero-order valence-electron chi connectivity index (χ0n) is 14.9. The summed E-state index contributed by atoms with van der Waals surface area (Å²) in [5.41, 5.74) is 0.773. The third-order valence-electron chi connectivity index (χ3n) is 3.43. The van der Waals surface area contributed by atoms with Crippen molar-refractivity contribution in [2.75, 3.05) is 25.6 Å². The van der Waals surface area contributed by atoms with Crippen LogP contribution >= 0.6 is 0 Å². The van der Waals surface area contributed by atoms with E-state index in [-0.39, 0.29) is 5.56 Å². The number of ether oxygens (including phenoxy) is 2. The highest BCUT2D eigenvalue weighted by molar-refractivity contribution is 5.97. The van der Waals surface area contributed by atoms with Gasteiger partial charge in [-0.1, -0.05) is 6.07 Å². The number of carbonyl (C=O) groups excluding carboxylic acids is 4. The lowest BCUT2D eigenvalue weighted by molar-refractivity contribution is -0.146. The van der Waals surface area contributed by atoms with Gasteiger partial charge in [0.05, 0.1) is 12.7 Å². The summed E-state index contributed by atoms with van der Waals surface area (Å²) in [5.74, 6) is -3.17. The molecule has 28 heavy (non-hydrogen) atoms. The Balaban J connectivity index is 1.74. The predicted octanol–water partition coefficient (Wildman–Crippen LogP) is 1.52. The minimum absolute atomic E-state index is 0.0564. The van der Waals surface area contributed by atoms with Crippen molar-refractivity contribution in [3.05, 3.63) is 65.5 Å². The summed E-state index contributed by atoms with van der Waals surface area (Å²) in [6.45, 7) is -1.04. The fourth-order valence-electron chi connectivity index (χ4n) is 2.09. The Kier molecular flexibility index (Phi) is 7.21. The molecule has 0 fully saturated rings. The number of methoxy groups -OCH3 is 1. The highest BCUT2D eigenvalue weighted by atomic mass is 19.1. The normalized spacial score (nSPS) is 9.93. The van der Waals surface area contributed by atoms with Gasteiger partial charge in [0.25, 0.3) is 11.8 Å². The SMILES string of the molecule is COC(=O)c1ccc(NC(=O)COC(=O)CNC(=O)c2cccc(F)c2)cc1. The lowest BCUT2D eigenvalue weighted by atomic mass is 10.2. The molecular formula is C19H17FN2O6. The number of esters is 2. The van der Waals surface area contributed by atoms with Crippen LogP contribution in [0.5, 0.6) is 0 Å². The Bertz CT molecular complexity index is 882. The van der Waals surface area contributed by atoms with E-state index >= 15 is 0 Å². The highest BCUT2D eigenvalue weighted by Crippen LogP contribution is 2.10. The molecule has 0 aromatic heterocycles. The lowest BCUT2D eigenvalue weighted by Gasteiger charge is -2.08. The van der Waals surface area contributed by atoms with Gasteiger partial charge in [-0.05, 0) is 42.5 Å². The Morgan fingerprint density at radius 3 is 2.36 bits per heavy atom. The Hall–Kier alpha value is -3.75. The monoisotopic (exact) mass is 388 g/mol. The first-order chi connectivity index (χ1) is 13.4. The predicted molar refractivity (Wildman–Crippen MR) is 96.1 cm³/mol. The van der Waals surface area contributed by atoms with E-state index in [0.29, 0.717) is 11.3 Å². The molecule has 0 radical (unpaired) electrons. The average Bonchev–Trinajstić information content (AvgIpc) is 2.70. The van der Waals surface area contributed by atoms with Crippen LogP contribution in [0.1, 0.15) is 20.7 Å². The van der Waals surface area contributed by atoms with Crippen molar-refractivity contribution in [1.29, 1.82) is 0 Å². The van der Waals surface area contributed by atoms with Gasteiger partial charge in [0.15, 0.2) is 6.61 Å².